The molecule has 1 unspecified atom stereocenters. The number of ether oxygens (including phenoxy) is 1. The maximum Gasteiger partial charge on any atom is 0.337 e. The van der Waals surface area contributed by atoms with Gasteiger partial charge in [-0.3, -0.25) is 14.2 Å². The van der Waals surface area contributed by atoms with E-state index < -0.39 is 23.5 Å². The van der Waals surface area contributed by atoms with Crippen molar-refractivity contribution in [3.63, 3.8) is 0 Å². The minimum absolute atomic E-state index is 0.00644. The third kappa shape index (κ3) is 4.39. The van der Waals surface area contributed by atoms with Crippen molar-refractivity contribution in [2.75, 3.05) is 19.0 Å². The molecule has 1 amide bonds. The van der Waals surface area contributed by atoms with E-state index in [4.69, 9.17) is 4.74 Å². The largest absolute Gasteiger partial charge is 0.478 e. The van der Waals surface area contributed by atoms with Gasteiger partial charge in [-0.25, -0.2) is 9.78 Å². The Hall–Kier alpha value is -2.56. The van der Waals surface area contributed by atoms with Crippen molar-refractivity contribution in [2.24, 2.45) is 0 Å². The van der Waals surface area contributed by atoms with E-state index in [1.807, 2.05) is 0 Å². The predicted octanol–water partition coefficient (Wildman–Crippen LogP) is 3.31. The van der Waals surface area contributed by atoms with Gasteiger partial charge in [-0.2, -0.15) is 0 Å². The highest BCUT2D eigenvalue weighted by molar-refractivity contribution is 9.10. The molecule has 0 aliphatic heterocycles. The minimum atomic E-state index is -1.21. The summed E-state index contributed by atoms with van der Waals surface area (Å²) in [7, 11) is 1.53. The number of carbonyl (C=O) groups is 2. The van der Waals surface area contributed by atoms with Crippen LogP contribution in [0.2, 0.25) is 0 Å². The summed E-state index contributed by atoms with van der Waals surface area (Å²) in [4.78, 5) is 42.3. The molecule has 0 spiro atoms. The van der Waals surface area contributed by atoms with Crippen LogP contribution in [0.1, 0.15) is 29.1 Å². The molecule has 0 bridgehead atoms. The highest BCUT2D eigenvalue weighted by Gasteiger charge is 2.25. The Morgan fingerprint density at radius 1 is 1.34 bits per heavy atom. The highest BCUT2D eigenvalue weighted by atomic mass is 79.9. The average Bonchev–Trinajstić information content (AvgIpc) is 3.12. The number of benzene rings is 1. The van der Waals surface area contributed by atoms with Gasteiger partial charge >= 0.3 is 5.97 Å². The fourth-order valence-corrected chi connectivity index (χ4v) is 4.05. The molecular formula is C19H18BrN3O5S. The van der Waals surface area contributed by atoms with E-state index in [9.17, 15) is 19.5 Å². The molecule has 29 heavy (non-hydrogen) atoms. The Morgan fingerprint density at radius 3 is 2.66 bits per heavy atom. The van der Waals surface area contributed by atoms with Crippen molar-refractivity contribution < 1.29 is 19.4 Å². The van der Waals surface area contributed by atoms with Crippen LogP contribution in [0.15, 0.2) is 38.9 Å². The van der Waals surface area contributed by atoms with Crippen molar-refractivity contribution in [1.82, 2.24) is 9.55 Å². The summed E-state index contributed by atoms with van der Waals surface area (Å²) in [5.41, 5.74) is -0.0967. The SMILES string of the molecule is COCCc1nc2scc(C(=O)O)c2c(=O)n1C(C)C(=O)Nc1ccc(Br)cc1. The molecule has 2 aromatic heterocycles. The zero-order valence-corrected chi connectivity index (χ0v) is 18.0. The van der Waals surface area contributed by atoms with Gasteiger partial charge in [0, 0.05) is 29.1 Å². The topological polar surface area (TPSA) is 111 Å². The summed E-state index contributed by atoms with van der Waals surface area (Å²) < 4.78 is 7.21. The van der Waals surface area contributed by atoms with Gasteiger partial charge < -0.3 is 15.2 Å². The van der Waals surface area contributed by atoms with Crippen LogP contribution in [-0.4, -0.2) is 40.3 Å². The number of amides is 1. The Kier molecular flexibility index (Phi) is 6.46. The summed E-state index contributed by atoms with van der Waals surface area (Å²) in [5, 5.41) is 13.5. The van der Waals surface area contributed by atoms with Gasteiger partial charge in [-0.05, 0) is 31.2 Å². The first-order valence-electron chi connectivity index (χ1n) is 8.64. The van der Waals surface area contributed by atoms with E-state index in [1.54, 1.807) is 31.2 Å². The van der Waals surface area contributed by atoms with Crippen LogP contribution in [0.4, 0.5) is 5.69 Å². The zero-order chi connectivity index (χ0) is 21.1. The van der Waals surface area contributed by atoms with Crippen molar-refractivity contribution in [1.29, 1.82) is 0 Å². The third-order valence-corrected chi connectivity index (χ3v) is 5.75. The number of halogens is 1. The van der Waals surface area contributed by atoms with Gasteiger partial charge in [-0.1, -0.05) is 15.9 Å². The van der Waals surface area contributed by atoms with Crippen LogP contribution in [0.3, 0.4) is 0 Å². The van der Waals surface area contributed by atoms with E-state index in [-0.39, 0.29) is 10.9 Å². The maximum absolute atomic E-state index is 13.2. The summed E-state index contributed by atoms with van der Waals surface area (Å²) in [6.07, 6.45) is 0.303. The fourth-order valence-electron chi connectivity index (χ4n) is 2.87. The van der Waals surface area contributed by atoms with Crippen molar-refractivity contribution in [3.8, 4) is 0 Å². The number of thiophene rings is 1. The van der Waals surface area contributed by atoms with Crippen molar-refractivity contribution in [2.45, 2.75) is 19.4 Å². The Bertz CT molecular complexity index is 1120. The molecule has 152 valence electrons. The molecule has 0 saturated heterocycles. The number of methoxy groups -OCH3 is 1. The predicted molar refractivity (Wildman–Crippen MR) is 114 cm³/mol. The summed E-state index contributed by atoms with van der Waals surface area (Å²) in [5.74, 6) is -1.26. The van der Waals surface area contributed by atoms with Crippen LogP contribution in [0, 0.1) is 0 Å². The van der Waals surface area contributed by atoms with Crippen molar-refractivity contribution >= 4 is 55.0 Å². The van der Waals surface area contributed by atoms with Gasteiger partial charge in [0.1, 0.15) is 16.7 Å². The molecule has 1 aromatic carbocycles. The number of aromatic nitrogens is 2. The Balaban J connectivity index is 2.06. The second-order valence-electron chi connectivity index (χ2n) is 6.25. The number of rotatable bonds is 7. The van der Waals surface area contributed by atoms with E-state index in [1.165, 1.54) is 17.1 Å². The lowest BCUT2D eigenvalue weighted by Crippen LogP contribution is -2.35. The minimum Gasteiger partial charge on any atom is -0.478 e. The highest BCUT2D eigenvalue weighted by Crippen LogP contribution is 2.24. The Morgan fingerprint density at radius 2 is 2.03 bits per heavy atom. The first kappa shape index (κ1) is 21.2. The molecular weight excluding hydrogens is 462 g/mol. The maximum atomic E-state index is 13.2. The summed E-state index contributed by atoms with van der Waals surface area (Å²) in [6, 6.07) is 6.12. The molecule has 2 N–H and O–H groups in total. The quantitative estimate of drug-likeness (QED) is 0.537. The smallest absolute Gasteiger partial charge is 0.337 e. The van der Waals surface area contributed by atoms with Gasteiger partial charge in [-0.15, -0.1) is 11.3 Å². The number of hydrogen-bond acceptors (Lipinski definition) is 6. The molecule has 8 nitrogen and oxygen atoms in total. The van der Waals surface area contributed by atoms with Crippen LogP contribution in [-0.2, 0) is 16.0 Å². The van der Waals surface area contributed by atoms with Gasteiger partial charge in [0.15, 0.2) is 0 Å². The van der Waals surface area contributed by atoms with Gasteiger partial charge in [0.25, 0.3) is 5.56 Å². The second-order valence-corrected chi connectivity index (χ2v) is 8.03. The molecule has 3 rings (SSSR count). The summed E-state index contributed by atoms with van der Waals surface area (Å²) >= 11 is 4.42. The lowest BCUT2D eigenvalue weighted by Gasteiger charge is -2.19. The Labute approximate surface area is 178 Å². The molecule has 0 aliphatic rings. The lowest BCUT2D eigenvalue weighted by atomic mass is 10.2. The third-order valence-electron chi connectivity index (χ3n) is 4.35. The molecule has 2 heterocycles. The normalized spacial score (nSPS) is 12.1. The molecule has 1 atom stereocenters. The van der Waals surface area contributed by atoms with Crippen molar-refractivity contribution in [3.05, 3.63) is 55.9 Å². The first-order valence-corrected chi connectivity index (χ1v) is 10.3. The van der Waals surface area contributed by atoms with E-state index >= 15 is 0 Å². The number of carbonyl (C=O) groups excluding carboxylic acids is 1. The number of fused-ring (bicyclic) bond motifs is 1. The zero-order valence-electron chi connectivity index (χ0n) is 15.6. The number of nitrogens with one attached hydrogen (secondary N) is 1. The molecule has 0 saturated carbocycles. The number of hydrogen-bond donors (Lipinski definition) is 2. The number of carboxylic acid groups (broad SMARTS) is 1. The van der Waals surface area contributed by atoms with E-state index in [0.717, 1.165) is 15.8 Å². The first-order chi connectivity index (χ1) is 13.8. The number of anilines is 1. The molecule has 0 aliphatic carbocycles. The van der Waals surface area contributed by atoms with E-state index in [2.05, 4.69) is 26.2 Å². The van der Waals surface area contributed by atoms with E-state index in [0.29, 0.717) is 29.4 Å². The summed E-state index contributed by atoms with van der Waals surface area (Å²) in [6.45, 7) is 1.88. The monoisotopic (exact) mass is 479 g/mol. The lowest BCUT2D eigenvalue weighted by molar-refractivity contribution is -0.119. The fraction of sp³-hybridized carbons (Fsp3) is 0.263. The second kappa shape index (κ2) is 8.85. The standard InChI is InChI=1S/C19H18BrN3O5S/c1-10(16(24)21-12-5-3-11(20)4-6-12)23-14(7-8-28-2)22-17-15(18(23)25)13(9-29-17)19(26)27/h3-6,9-10H,7-8H2,1-2H3,(H,21,24)(H,26,27). The molecule has 10 heteroatoms. The van der Waals surface area contributed by atoms with Crippen LogP contribution < -0.4 is 10.9 Å². The number of aromatic carboxylic acids is 1. The van der Waals surface area contributed by atoms with Crippen LogP contribution in [0.25, 0.3) is 10.2 Å². The van der Waals surface area contributed by atoms with Crippen LogP contribution >= 0.6 is 27.3 Å². The molecule has 0 radical (unpaired) electrons. The van der Waals surface area contributed by atoms with Gasteiger partial charge in [0.05, 0.1) is 17.6 Å². The number of carboxylic acids is 1. The number of nitrogens with zero attached hydrogens (tertiary/aromatic N) is 2. The average molecular weight is 480 g/mol. The van der Waals surface area contributed by atoms with Crippen LogP contribution in [0.5, 0.6) is 0 Å². The van der Waals surface area contributed by atoms with Gasteiger partial charge in [0.2, 0.25) is 5.91 Å². The molecule has 0 fully saturated rings. The molecule has 3 aromatic rings.